The van der Waals surface area contributed by atoms with Crippen molar-refractivity contribution in [3.05, 3.63) is 39.7 Å². The van der Waals surface area contributed by atoms with Crippen molar-refractivity contribution in [3.8, 4) is 0 Å². The second-order valence-electron chi connectivity index (χ2n) is 4.88. The Hall–Kier alpha value is -1.53. The van der Waals surface area contributed by atoms with Crippen LogP contribution in [0.1, 0.15) is 24.8 Å². The van der Waals surface area contributed by atoms with Gasteiger partial charge in [0.2, 0.25) is 0 Å². The number of rotatable bonds is 4. The van der Waals surface area contributed by atoms with Gasteiger partial charge in [-0.1, -0.05) is 6.42 Å². The number of nitro groups is 1. The van der Waals surface area contributed by atoms with Crippen LogP contribution in [0, 0.1) is 15.9 Å². The summed E-state index contributed by atoms with van der Waals surface area (Å²) in [5.41, 5.74) is 0.347. The molecule has 1 aliphatic rings. The van der Waals surface area contributed by atoms with Crippen LogP contribution in [0.25, 0.3) is 0 Å². The Morgan fingerprint density at radius 2 is 2.21 bits per heavy atom. The van der Waals surface area contributed by atoms with E-state index in [0.29, 0.717) is 12.1 Å². The summed E-state index contributed by atoms with van der Waals surface area (Å²) in [5, 5.41) is 20.0. The number of aliphatic hydroxyl groups excluding tert-OH is 1. The molecule has 0 aliphatic carbocycles. The van der Waals surface area contributed by atoms with Crippen LogP contribution in [0.3, 0.4) is 0 Å². The molecule has 1 heterocycles. The third-order valence-corrected chi connectivity index (χ3v) is 3.50. The van der Waals surface area contributed by atoms with Crippen LogP contribution in [0.2, 0.25) is 0 Å². The monoisotopic (exact) mass is 268 g/mol. The fourth-order valence-corrected chi connectivity index (χ4v) is 2.54. The van der Waals surface area contributed by atoms with Gasteiger partial charge in [0.25, 0.3) is 5.69 Å². The van der Waals surface area contributed by atoms with Gasteiger partial charge in [-0.05, 0) is 31.0 Å². The van der Waals surface area contributed by atoms with Gasteiger partial charge in [0.1, 0.15) is 5.82 Å². The quantitative estimate of drug-likeness (QED) is 0.670. The minimum atomic E-state index is -0.596. The van der Waals surface area contributed by atoms with E-state index in [1.54, 1.807) is 0 Å². The molecule has 5 nitrogen and oxygen atoms in total. The molecule has 0 radical (unpaired) electrons. The Bertz CT molecular complexity index is 467. The van der Waals surface area contributed by atoms with E-state index in [1.807, 2.05) is 0 Å². The molecule has 0 bridgehead atoms. The molecule has 6 heteroatoms. The van der Waals surface area contributed by atoms with Gasteiger partial charge in [-0.2, -0.15) is 0 Å². The highest BCUT2D eigenvalue weighted by molar-refractivity contribution is 5.35. The Morgan fingerprint density at radius 1 is 1.42 bits per heavy atom. The third kappa shape index (κ3) is 3.48. The van der Waals surface area contributed by atoms with Crippen molar-refractivity contribution in [2.24, 2.45) is 0 Å². The molecule has 0 saturated carbocycles. The summed E-state index contributed by atoms with van der Waals surface area (Å²) in [6.45, 7) is 1.33. The number of hydrogen-bond acceptors (Lipinski definition) is 4. The highest BCUT2D eigenvalue weighted by Crippen LogP contribution is 2.22. The summed E-state index contributed by atoms with van der Waals surface area (Å²) in [6, 6.07) is 3.70. The molecule has 1 saturated heterocycles. The predicted molar refractivity (Wildman–Crippen MR) is 68.2 cm³/mol. The maximum Gasteiger partial charge on any atom is 0.272 e. The zero-order valence-electron chi connectivity index (χ0n) is 10.6. The SMILES string of the molecule is O=[N+]([O-])c1cc(F)cc(CN2CCCCC2CO)c1. The van der Waals surface area contributed by atoms with E-state index in [9.17, 15) is 19.6 Å². The third-order valence-electron chi connectivity index (χ3n) is 3.50. The first-order valence-electron chi connectivity index (χ1n) is 6.39. The fourth-order valence-electron chi connectivity index (χ4n) is 2.54. The number of likely N-dealkylation sites (tertiary alicyclic amines) is 1. The molecule has 0 spiro atoms. The number of nitro benzene ring substituents is 1. The van der Waals surface area contributed by atoms with E-state index in [0.717, 1.165) is 31.9 Å². The Balaban J connectivity index is 2.15. The van der Waals surface area contributed by atoms with Crippen molar-refractivity contribution >= 4 is 5.69 Å². The highest BCUT2D eigenvalue weighted by atomic mass is 19.1. The largest absolute Gasteiger partial charge is 0.395 e. The van der Waals surface area contributed by atoms with Crippen molar-refractivity contribution in [1.82, 2.24) is 4.90 Å². The average molecular weight is 268 g/mol. The number of aliphatic hydroxyl groups is 1. The lowest BCUT2D eigenvalue weighted by molar-refractivity contribution is -0.385. The van der Waals surface area contributed by atoms with E-state index in [-0.39, 0.29) is 18.3 Å². The number of non-ortho nitro benzene ring substituents is 1. The summed E-state index contributed by atoms with van der Waals surface area (Å²) in [7, 11) is 0. The normalized spacial score (nSPS) is 20.4. The minimum absolute atomic E-state index is 0.0658. The summed E-state index contributed by atoms with van der Waals surface area (Å²) in [5.74, 6) is -0.596. The topological polar surface area (TPSA) is 66.6 Å². The van der Waals surface area contributed by atoms with E-state index < -0.39 is 10.7 Å². The summed E-state index contributed by atoms with van der Waals surface area (Å²) < 4.78 is 13.3. The first-order chi connectivity index (χ1) is 9.10. The average Bonchev–Trinajstić information content (AvgIpc) is 2.38. The Labute approximate surface area is 110 Å². The van der Waals surface area contributed by atoms with Gasteiger partial charge in [0, 0.05) is 18.7 Å². The standard InChI is InChI=1S/C13H17FN2O3/c14-11-5-10(6-13(7-11)16(18)19)8-15-4-2-1-3-12(15)9-17/h5-7,12,17H,1-4,8-9H2. The van der Waals surface area contributed by atoms with E-state index in [2.05, 4.69) is 4.90 Å². The molecular weight excluding hydrogens is 251 g/mol. The van der Waals surface area contributed by atoms with E-state index >= 15 is 0 Å². The molecule has 0 aromatic heterocycles. The Morgan fingerprint density at radius 3 is 2.89 bits per heavy atom. The van der Waals surface area contributed by atoms with E-state index in [4.69, 9.17) is 0 Å². The van der Waals surface area contributed by atoms with Crippen molar-refractivity contribution in [1.29, 1.82) is 0 Å². The lowest BCUT2D eigenvalue weighted by Crippen LogP contribution is -2.41. The summed E-state index contributed by atoms with van der Waals surface area (Å²) in [6.07, 6.45) is 3.02. The van der Waals surface area contributed by atoms with Gasteiger partial charge in [-0.15, -0.1) is 0 Å². The zero-order valence-corrected chi connectivity index (χ0v) is 10.6. The van der Waals surface area contributed by atoms with Crippen molar-refractivity contribution in [3.63, 3.8) is 0 Å². The van der Waals surface area contributed by atoms with Gasteiger partial charge in [-0.25, -0.2) is 4.39 Å². The molecule has 1 fully saturated rings. The molecule has 0 amide bonds. The van der Waals surface area contributed by atoms with Gasteiger partial charge >= 0.3 is 0 Å². The summed E-state index contributed by atoms with van der Waals surface area (Å²) in [4.78, 5) is 12.2. The van der Waals surface area contributed by atoms with E-state index in [1.165, 1.54) is 12.1 Å². The number of benzene rings is 1. The molecule has 1 N–H and O–H groups in total. The van der Waals surface area contributed by atoms with Gasteiger partial charge < -0.3 is 5.11 Å². The molecule has 104 valence electrons. The van der Waals surface area contributed by atoms with Crippen molar-refractivity contribution < 1.29 is 14.4 Å². The molecule has 2 rings (SSSR count). The first kappa shape index (κ1) is 13.9. The molecule has 1 unspecified atom stereocenters. The van der Waals surface area contributed by atoms with Crippen LogP contribution >= 0.6 is 0 Å². The number of hydrogen-bond donors (Lipinski definition) is 1. The van der Waals surface area contributed by atoms with Crippen molar-refractivity contribution in [2.45, 2.75) is 31.8 Å². The molecule has 1 aromatic rings. The highest BCUT2D eigenvalue weighted by Gasteiger charge is 2.22. The minimum Gasteiger partial charge on any atom is -0.395 e. The molecule has 1 aromatic carbocycles. The van der Waals surface area contributed by atoms with Gasteiger partial charge in [0.05, 0.1) is 17.6 Å². The van der Waals surface area contributed by atoms with Gasteiger partial charge in [0.15, 0.2) is 0 Å². The number of nitrogens with zero attached hydrogens (tertiary/aromatic N) is 2. The lowest BCUT2D eigenvalue weighted by atomic mass is 10.0. The van der Waals surface area contributed by atoms with Crippen LogP contribution in [-0.4, -0.2) is 34.1 Å². The number of halogens is 1. The van der Waals surface area contributed by atoms with Gasteiger partial charge in [-0.3, -0.25) is 15.0 Å². The second kappa shape index (κ2) is 6.08. The fraction of sp³-hybridized carbons (Fsp3) is 0.538. The molecule has 1 aliphatic heterocycles. The van der Waals surface area contributed by atoms with Crippen LogP contribution in [0.5, 0.6) is 0 Å². The Kier molecular flexibility index (Phi) is 4.44. The van der Waals surface area contributed by atoms with Crippen LogP contribution in [0.4, 0.5) is 10.1 Å². The smallest absolute Gasteiger partial charge is 0.272 e. The van der Waals surface area contributed by atoms with Crippen LogP contribution in [-0.2, 0) is 6.54 Å². The second-order valence-corrected chi connectivity index (χ2v) is 4.88. The molecular formula is C13H17FN2O3. The maximum atomic E-state index is 13.3. The van der Waals surface area contributed by atoms with Crippen LogP contribution < -0.4 is 0 Å². The molecule has 1 atom stereocenters. The molecule has 19 heavy (non-hydrogen) atoms. The zero-order chi connectivity index (χ0) is 13.8. The van der Waals surface area contributed by atoms with Crippen molar-refractivity contribution in [2.75, 3.05) is 13.2 Å². The predicted octanol–water partition coefficient (Wildman–Crippen LogP) is 2.08. The maximum absolute atomic E-state index is 13.3. The lowest BCUT2D eigenvalue weighted by Gasteiger charge is -2.34. The van der Waals surface area contributed by atoms with Crippen LogP contribution in [0.15, 0.2) is 18.2 Å². The summed E-state index contributed by atoms with van der Waals surface area (Å²) >= 11 is 0. The first-order valence-corrected chi connectivity index (χ1v) is 6.39. The number of piperidine rings is 1.